The molecule has 28 heavy (non-hydrogen) atoms. The van der Waals surface area contributed by atoms with Gasteiger partial charge in [0.15, 0.2) is 0 Å². The van der Waals surface area contributed by atoms with Gasteiger partial charge in [0.25, 0.3) is 0 Å². The van der Waals surface area contributed by atoms with Crippen LogP contribution in [0.15, 0.2) is 30.3 Å². The molecule has 3 rings (SSSR count). The fourth-order valence-electron chi connectivity index (χ4n) is 4.85. The molecule has 0 radical (unpaired) electrons. The largest absolute Gasteiger partial charge is 0.364 e. The summed E-state index contributed by atoms with van der Waals surface area (Å²) in [6.45, 7) is 5.16. The monoisotopic (exact) mass is 384 g/mol. The predicted molar refractivity (Wildman–Crippen MR) is 108 cm³/mol. The standard InChI is InChI=1S/C22H32N4O2/c1-20(2,14-23)15-25-16-21(26(17-28-4)19(25)27)10-12-22(24-3,13-11-21)18-8-6-5-7-9-18/h5-9,24H,10-13,15-17H2,1-4H3/t21-,22-. The SMILES string of the molecule is CN[C@]1(c2ccccc2)CC[C@@]2(CC1)CN(CC(C)(C)C#N)C(=O)N2COC. The average molecular weight is 385 g/mol. The van der Waals surface area contributed by atoms with E-state index in [1.54, 1.807) is 7.11 Å². The molecule has 6 nitrogen and oxygen atoms in total. The lowest BCUT2D eigenvalue weighted by atomic mass is 9.69. The number of carbonyl (C=O) groups excluding carboxylic acids is 1. The molecule has 2 fully saturated rings. The number of amides is 2. The van der Waals surface area contributed by atoms with E-state index in [-0.39, 0.29) is 17.1 Å². The highest BCUT2D eigenvalue weighted by molar-refractivity contribution is 5.78. The quantitative estimate of drug-likeness (QED) is 0.817. The van der Waals surface area contributed by atoms with Crippen molar-refractivity contribution in [2.75, 3.05) is 34.0 Å². The fourth-order valence-corrected chi connectivity index (χ4v) is 4.85. The third-order valence-corrected chi connectivity index (χ3v) is 6.55. The van der Waals surface area contributed by atoms with Gasteiger partial charge in [-0.3, -0.25) is 4.90 Å². The number of nitriles is 1. The molecule has 0 aromatic heterocycles. The minimum absolute atomic E-state index is 0.0122. The number of hydrogen-bond acceptors (Lipinski definition) is 4. The summed E-state index contributed by atoms with van der Waals surface area (Å²) < 4.78 is 5.39. The molecule has 0 bridgehead atoms. The van der Waals surface area contributed by atoms with Gasteiger partial charge in [0.1, 0.15) is 6.73 Å². The first-order valence-corrected chi connectivity index (χ1v) is 10.0. The molecule has 1 saturated heterocycles. The van der Waals surface area contributed by atoms with Crippen LogP contribution in [0, 0.1) is 16.7 Å². The minimum atomic E-state index is -0.562. The maximum absolute atomic E-state index is 13.1. The highest BCUT2D eigenvalue weighted by Crippen LogP contribution is 2.46. The summed E-state index contributed by atoms with van der Waals surface area (Å²) in [7, 11) is 3.66. The molecule has 1 heterocycles. The number of ether oxygens (including phenoxy) is 1. The topological polar surface area (TPSA) is 68.6 Å². The van der Waals surface area contributed by atoms with Gasteiger partial charge in [-0.05, 0) is 52.1 Å². The predicted octanol–water partition coefficient (Wildman–Crippen LogP) is 3.31. The first kappa shape index (κ1) is 20.6. The van der Waals surface area contributed by atoms with E-state index in [1.807, 2.05) is 36.8 Å². The Morgan fingerprint density at radius 1 is 1.21 bits per heavy atom. The van der Waals surface area contributed by atoms with E-state index in [0.29, 0.717) is 19.8 Å². The number of urea groups is 1. The van der Waals surface area contributed by atoms with Crippen LogP contribution in [0.25, 0.3) is 0 Å². The van der Waals surface area contributed by atoms with Crippen molar-refractivity contribution in [3.05, 3.63) is 35.9 Å². The Morgan fingerprint density at radius 3 is 2.39 bits per heavy atom. The van der Waals surface area contributed by atoms with Gasteiger partial charge < -0.3 is 15.0 Å². The number of carbonyl (C=O) groups is 1. The highest BCUT2D eigenvalue weighted by Gasteiger charge is 2.54. The maximum Gasteiger partial charge on any atom is 0.322 e. The van der Waals surface area contributed by atoms with Crippen LogP contribution in [0.5, 0.6) is 0 Å². The number of rotatable bonds is 6. The molecule has 0 atom stereocenters. The number of hydrogen-bond donors (Lipinski definition) is 1. The second-order valence-electron chi connectivity index (χ2n) is 8.90. The van der Waals surface area contributed by atoms with Gasteiger partial charge in [-0.25, -0.2) is 4.79 Å². The van der Waals surface area contributed by atoms with Gasteiger partial charge in [0.05, 0.1) is 17.0 Å². The van der Waals surface area contributed by atoms with Gasteiger partial charge in [0.2, 0.25) is 0 Å². The van der Waals surface area contributed by atoms with Crippen molar-refractivity contribution < 1.29 is 9.53 Å². The Hall–Kier alpha value is -2.10. The van der Waals surface area contributed by atoms with Crippen LogP contribution in [0.3, 0.4) is 0 Å². The summed E-state index contributed by atoms with van der Waals surface area (Å²) in [5.41, 5.74) is 0.451. The zero-order valence-electron chi connectivity index (χ0n) is 17.5. The van der Waals surface area contributed by atoms with E-state index in [9.17, 15) is 10.1 Å². The van der Waals surface area contributed by atoms with E-state index >= 15 is 0 Å². The molecular weight excluding hydrogens is 352 g/mol. The Bertz CT molecular complexity index is 733. The third-order valence-electron chi connectivity index (χ3n) is 6.55. The molecule has 1 aliphatic carbocycles. The lowest BCUT2D eigenvalue weighted by Crippen LogP contribution is -2.55. The zero-order valence-corrected chi connectivity index (χ0v) is 17.5. The molecule has 1 spiro atoms. The molecule has 1 saturated carbocycles. The van der Waals surface area contributed by atoms with E-state index in [1.165, 1.54) is 5.56 Å². The lowest BCUT2D eigenvalue weighted by Gasteiger charge is -2.48. The summed E-state index contributed by atoms with van der Waals surface area (Å²) in [5, 5.41) is 13.0. The van der Waals surface area contributed by atoms with Crippen molar-refractivity contribution in [1.82, 2.24) is 15.1 Å². The lowest BCUT2D eigenvalue weighted by molar-refractivity contribution is 0.00563. The van der Waals surface area contributed by atoms with Gasteiger partial charge in [0, 0.05) is 25.7 Å². The highest BCUT2D eigenvalue weighted by atomic mass is 16.5. The molecule has 6 heteroatoms. The third kappa shape index (κ3) is 3.61. The molecule has 2 aliphatic rings. The first-order chi connectivity index (χ1) is 13.3. The van der Waals surface area contributed by atoms with Crippen LogP contribution in [0.1, 0.15) is 45.1 Å². The maximum atomic E-state index is 13.1. The summed E-state index contributed by atoms with van der Waals surface area (Å²) in [6.07, 6.45) is 3.72. The van der Waals surface area contributed by atoms with Gasteiger partial charge in [-0.15, -0.1) is 0 Å². The van der Waals surface area contributed by atoms with Crippen LogP contribution in [0.4, 0.5) is 4.79 Å². The molecule has 1 aromatic carbocycles. The van der Waals surface area contributed by atoms with Crippen LogP contribution in [0.2, 0.25) is 0 Å². The molecular formula is C22H32N4O2. The molecule has 0 unspecified atom stereocenters. The van der Waals surface area contributed by atoms with Crippen LogP contribution in [-0.2, 0) is 10.3 Å². The number of nitrogens with one attached hydrogen (secondary N) is 1. The fraction of sp³-hybridized carbons (Fsp3) is 0.636. The van der Waals surface area contributed by atoms with Crippen molar-refractivity contribution >= 4 is 6.03 Å². The first-order valence-electron chi connectivity index (χ1n) is 10.0. The average Bonchev–Trinajstić information content (AvgIpc) is 2.95. The van der Waals surface area contributed by atoms with Crippen LogP contribution < -0.4 is 5.32 Å². The van der Waals surface area contributed by atoms with E-state index < -0.39 is 5.41 Å². The molecule has 1 aromatic rings. The summed E-state index contributed by atoms with van der Waals surface area (Å²) in [6, 6.07) is 12.9. The van der Waals surface area contributed by atoms with Crippen LogP contribution >= 0.6 is 0 Å². The second kappa shape index (κ2) is 7.73. The summed E-state index contributed by atoms with van der Waals surface area (Å²) >= 11 is 0. The van der Waals surface area contributed by atoms with E-state index in [2.05, 4.69) is 35.7 Å². The Balaban J connectivity index is 1.83. The van der Waals surface area contributed by atoms with Crippen molar-refractivity contribution in [3.63, 3.8) is 0 Å². The Labute approximate surface area is 168 Å². The molecule has 1 aliphatic heterocycles. The summed E-state index contributed by atoms with van der Waals surface area (Å²) in [5.74, 6) is 0. The van der Waals surface area contributed by atoms with Gasteiger partial charge >= 0.3 is 6.03 Å². The second-order valence-corrected chi connectivity index (χ2v) is 8.90. The van der Waals surface area contributed by atoms with Gasteiger partial charge in [-0.2, -0.15) is 5.26 Å². The minimum Gasteiger partial charge on any atom is -0.364 e. The Morgan fingerprint density at radius 2 is 1.86 bits per heavy atom. The van der Waals surface area contributed by atoms with Crippen molar-refractivity contribution in [2.24, 2.45) is 5.41 Å². The summed E-state index contributed by atoms with van der Waals surface area (Å²) in [4.78, 5) is 16.8. The van der Waals surface area contributed by atoms with Crippen molar-refractivity contribution in [1.29, 1.82) is 5.26 Å². The smallest absolute Gasteiger partial charge is 0.322 e. The number of methoxy groups -OCH3 is 1. The Kier molecular flexibility index (Phi) is 5.69. The zero-order chi connectivity index (χ0) is 20.4. The van der Waals surface area contributed by atoms with E-state index in [4.69, 9.17) is 4.74 Å². The normalized spacial score (nSPS) is 28.0. The van der Waals surface area contributed by atoms with Crippen molar-refractivity contribution in [3.8, 4) is 6.07 Å². The number of benzene rings is 1. The molecule has 1 N–H and O–H groups in total. The number of nitrogens with zero attached hydrogens (tertiary/aromatic N) is 3. The van der Waals surface area contributed by atoms with E-state index in [0.717, 1.165) is 25.7 Å². The molecule has 2 amide bonds. The molecule has 152 valence electrons. The van der Waals surface area contributed by atoms with Crippen molar-refractivity contribution in [2.45, 2.75) is 50.6 Å². The van der Waals surface area contributed by atoms with Gasteiger partial charge in [-0.1, -0.05) is 30.3 Å². The van der Waals surface area contributed by atoms with Crippen LogP contribution in [-0.4, -0.2) is 55.3 Å².